The molecule has 0 aromatic carbocycles. The quantitative estimate of drug-likeness (QED) is 0.101. The first-order valence-electron chi connectivity index (χ1n) is 15.5. The van der Waals surface area contributed by atoms with Crippen molar-refractivity contribution in [1.29, 1.82) is 0 Å². The van der Waals surface area contributed by atoms with Crippen LogP contribution in [0.3, 0.4) is 0 Å². The van der Waals surface area contributed by atoms with E-state index in [0.717, 1.165) is 77.0 Å². The first-order chi connectivity index (χ1) is 20.7. The Kier molecular flexibility index (Phi) is 45.6. The SMILES string of the molecule is CCCCCC(=O)CC(=O)[O-].CCCCCC(=O)CC(=O)[O-].CCCCCC(=O)CC(=O)[O-].CCCCCC(=O)CC(=O)[O-].[Zr+4]. The van der Waals surface area contributed by atoms with Gasteiger partial charge in [-0.2, -0.15) is 0 Å². The van der Waals surface area contributed by atoms with Gasteiger partial charge in [-0.1, -0.05) is 79.1 Å². The van der Waals surface area contributed by atoms with Gasteiger partial charge in [-0.15, -0.1) is 0 Å². The number of rotatable bonds is 24. The van der Waals surface area contributed by atoms with Crippen LogP contribution in [0.25, 0.3) is 0 Å². The second-order valence-electron chi connectivity index (χ2n) is 10.2. The standard InChI is InChI=1S/4C8H14O3.Zr/c4*1-2-3-4-5-7(9)6-8(10)11;/h4*2-6H2,1H3,(H,10,11);/q;;;;+4/p-4. The molecular formula is C32H52O12Zr. The number of carboxylic acid groups (broad SMARTS) is 4. The molecule has 0 atom stereocenters. The summed E-state index contributed by atoms with van der Waals surface area (Å²) in [6.07, 6.45) is 11.1. The maximum atomic E-state index is 10.7. The molecule has 0 aliphatic carbocycles. The van der Waals surface area contributed by atoms with Crippen LogP contribution in [0.1, 0.15) is 156 Å². The molecule has 256 valence electrons. The molecule has 0 heterocycles. The Balaban J connectivity index is -0.000000157. The van der Waals surface area contributed by atoms with Crippen molar-refractivity contribution in [2.45, 2.75) is 156 Å². The van der Waals surface area contributed by atoms with Crippen LogP contribution in [-0.4, -0.2) is 47.0 Å². The third-order valence-electron chi connectivity index (χ3n) is 5.60. The molecule has 0 N–H and O–H groups in total. The van der Waals surface area contributed by atoms with Gasteiger partial charge >= 0.3 is 26.2 Å². The molecule has 0 saturated carbocycles. The Morgan fingerprint density at radius 1 is 0.333 bits per heavy atom. The summed E-state index contributed by atoms with van der Waals surface area (Å²) in [5.74, 6) is -5.98. The topological polar surface area (TPSA) is 229 Å². The average Bonchev–Trinajstić information content (AvgIpc) is 2.89. The van der Waals surface area contributed by atoms with Gasteiger partial charge in [-0.05, 0) is 25.7 Å². The van der Waals surface area contributed by atoms with E-state index in [0.29, 0.717) is 25.7 Å². The summed E-state index contributed by atoms with van der Waals surface area (Å²) in [5, 5.41) is 39.6. The van der Waals surface area contributed by atoms with Crippen molar-refractivity contribution >= 4 is 47.0 Å². The number of unbranched alkanes of at least 4 members (excludes halogenated alkanes) is 8. The van der Waals surface area contributed by atoms with Gasteiger partial charge < -0.3 is 39.6 Å². The van der Waals surface area contributed by atoms with Crippen molar-refractivity contribution in [1.82, 2.24) is 0 Å². The van der Waals surface area contributed by atoms with Crippen molar-refractivity contribution in [2.24, 2.45) is 0 Å². The second kappa shape index (κ2) is 39.5. The van der Waals surface area contributed by atoms with Gasteiger partial charge in [0.25, 0.3) is 0 Å². The predicted molar refractivity (Wildman–Crippen MR) is 155 cm³/mol. The van der Waals surface area contributed by atoms with E-state index in [2.05, 4.69) is 0 Å². The zero-order valence-electron chi connectivity index (χ0n) is 27.5. The molecule has 0 amide bonds. The monoisotopic (exact) mass is 718 g/mol. The molecule has 12 nitrogen and oxygen atoms in total. The first kappa shape index (κ1) is 52.0. The minimum Gasteiger partial charge on any atom is -0.550 e. The smallest absolute Gasteiger partial charge is 0.550 e. The second-order valence-corrected chi connectivity index (χ2v) is 10.2. The Labute approximate surface area is 287 Å². The summed E-state index contributed by atoms with van der Waals surface area (Å²) in [7, 11) is 0. The predicted octanol–water partition coefficient (Wildman–Crippen LogP) is 1.10. The van der Waals surface area contributed by atoms with Crippen molar-refractivity contribution in [2.75, 3.05) is 0 Å². The summed E-state index contributed by atoms with van der Waals surface area (Å²) in [4.78, 5) is 82.5. The van der Waals surface area contributed by atoms with E-state index in [-0.39, 0.29) is 49.3 Å². The molecule has 0 radical (unpaired) electrons. The van der Waals surface area contributed by atoms with Gasteiger partial charge in [-0.25, -0.2) is 0 Å². The van der Waals surface area contributed by atoms with Gasteiger partial charge in [-0.3, -0.25) is 19.2 Å². The third kappa shape index (κ3) is 57.6. The van der Waals surface area contributed by atoms with Crippen LogP contribution in [0.15, 0.2) is 0 Å². The Morgan fingerprint density at radius 3 is 0.600 bits per heavy atom. The zero-order chi connectivity index (χ0) is 34.8. The largest absolute Gasteiger partial charge is 4.00 e. The molecule has 45 heavy (non-hydrogen) atoms. The van der Waals surface area contributed by atoms with E-state index >= 15 is 0 Å². The van der Waals surface area contributed by atoms with Gasteiger partial charge in [0.2, 0.25) is 0 Å². The van der Waals surface area contributed by atoms with Gasteiger partial charge in [0.1, 0.15) is 23.1 Å². The van der Waals surface area contributed by atoms with Crippen LogP contribution in [0, 0.1) is 0 Å². The first-order valence-corrected chi connectivity index (χ1v) is 15.5. The van der Waals surface area contributed by atoms with Crippen LogP contribution in [-0.2, 0) is 64.6 Å². The normalized spacial score (nSPS) is 9.33. The number of ketones is 4. The van der Waals surface area contributed by atoms with Crippen LogP contribution in [0.5, 0.6) is 0 Å². The van der Waals surface area contributed by atoms with E-state index in [4.69, 9.17) is 0 Å². The number of Topliss-reactive ketones (excluding diaryl/α,β-unsaturated/α-hetero) is 4. The molecular weight excluding hydrogens is 668 g/mol. The zero-order valence-corrected chi connectivity index (χ0v) is 30.0. The summed E-state index contributed by atoms with van der Waals surface area (Å²) >= 11 is 0. The van der Waals surface area contributed by atoms with E-state index in [1.165, 1.54) is 0 Å². The number of hydrogen-bond donors (Lipinski definition) is 0. The van der Waals surface area contributed by atoms with E-state index in [1.807, 2.05) is 27.7 Å². The molecule has 0 bridgehead atoms. The maximum Gasteiger partial charge on any atom is 4.00 e. The Bertz CT molecular complexity index is 704. The number of carbonyl (C=O) groups is 8. The van der Waals surface area contributed by atoms with Gasteiger partial charge in [0.15, 0.2) is 0 Å². The Hall–Kier alpha value is -2.56. The number of carbonyl (C=O) groups excluding carboxylic acids is 8. The van der Waals surface area contributed by atoms with Crippen LogP contribution in [0.2, 0.25) is 0 Å². The molecule has 0 rings (SSSR count). The number of aliphatic carboxylic acids is 4. The van der Waals surface area contributed by atoms with E-state index in [1.54, 1.807) is 0 Å². The van der Waals surface area contributed by atoms with Gasteiger partial charge in [0.05, 0.1) is 0 Å². The maximum absolute atomic E-state index is 10.7. The molecule has 13 heteroatoms. The van der Waals surface area contributed by atoms with Crippen LogP contribution < -0.4 is 20.4 Å². The van der Waals surface area contributed by atoms with E-state index in [9.17, 15) is 58.8 Å². The van der Waals surface area contributed by atoms with Crippen molar-refractivity contribution in [3.63, 3.8) is 0 Å². The van der Waals surface area contributed by atoms with Crippen molar-refractivity contribution < 1.29 is 85.0 Å². The van der Waals surface area contributed by atoms with Crippen molar-refractivity contribution in [3.8, 4) is 0 Å². The minimum absolute atomic E-state index is 0. The molecule has 0 unspecified atom stereocenters. The summed E-state index contributed by atoms with van der Waals surface area (Å²) < 4.78 is 0. The minimum atomic E-state index is -1.27. The molecule has 0 fully saturated rings. The fourth-order valence-corrected chi connectivity index (χ4v) is 3.29. The molecule has 0 saturated heterocycles. The number of carboxylic acids is 4. The van der Waals surface area contributed by atoms with Crippen LogP contribution in [0.4, 0.5) is 0 Å². The summed E-state index contributed by atoms with van der Waals surface area (Å²) in [5.41, 5.74) is 0. The fraction of sp³-hybridized carbons (Fsp3) is 0.750. The summed E-state index contributed by atoms with van der Waals surface area (Å²) in [6, 6.07) is 0. The molecule has 0 aromatic rings. The van der Waals surface area contributed by atoms with E-state index < -0.39 is 49.6 Å². The molecule has 0 aliphatic rings. The molecule has 0 aliphatic heterocycles. The molecule has 0 spiro atoms. The third-order valence-corrected chi connectivity index (χ3v) is 5.60. The number of hydrogen-bond acceptors (Lipinski definition) is 12. The Morgan fingerprint density at radius 2 is 0.489 bits per heavy atom. The van der Waals surface area contributed by atoms with Crippen molar-refractivity contribution in [3.05, 3.63) is 0 Å². The van der Waals surface area contributed by atoms with Crippen LogP contribution >= 0.6 is 0 Å². The average molecular weight is 720 g/mol. The molecule has 0 aromatic heterocycles. The van der Waals surface area contributed by atoms with Gasteiger partial charge in [0, 0.05) is 75.2 Å². The fourth-order valence-electron chi connectivity index (χ4n) is 3.29. The summed E-state index contributed by atoms with van der Waals surface area (Å²) in [6.45, 7) is 8.12.